The molecule has 0 fully saturated rings. The molecule has 0 saturated carbocycles. The summed E-state index contributed by atoms with van der Waals surface area (Å²) in [5, 5.41) is 9.82. The molecule has 3 nitrogen and oxygen atoms in total. The third kappa shape index (κ3) is 2.34. The number of ether oxygens (including phenoxy) is 2. The van der Waals surface area contributed by atoms with Gasteiger partial charge in [0.25, 0.3) is 0 Å². The van der Waals surface area contributed by atoms with Crippen molar-refractivity contribution in [3.05, 3.63) is 47.7 Å². The van der Waals surface area contributed by atoms with Crippen LogP contribution in [0.1, 0.15) is 12.0 Å². The average Bonchev–Trinajstić information content (AvgIpc) is 2.38. The summed E-state index contributed by atoms with van der Waals surface area (Å²) in [6.07, 6.45) is 4.22. The van der Waals surface area contributed by atoms with Gasteiger partial charge in [0, 0.05) is 12.7 Å². The Labute approximate surface area is 101 Å². The Morgan fingerprint density at radius 2 is 2.00 bits per heavy atom. The molecule has 1 atom stereocenters. The highest BCUT2D eigenvalue weighted by Crippen LogP contribution is 2.31. The second-order valence-corrected chi connectivity index (χ2v) is 3.89. The SMILES string of the molecule is COc1ccccc1C1=CCC(OC)C(O)=C1. The van der Waals surface area contributed by atoms with E-state index < -0.39 is 0 Å². The van der Waals surface area contributed by atoms with Gasteiger partial charge in [-0.25, -0.2) is 0 Å². The van der Waals surface area contributed by atoms with E-state index in [4.69, 9.17) is 9.47 Å². The molecule has 1 aromatic rings. The fourth-order valence-electron chi connectivity index (χ4n) is 1.95. The fraction of sp³-hybridized carbons (Fsp3) is 0.286. The molecule has 0 spiro atoms. The average molecular weight is 232 g/mol. The van der Waals surface area contributed by atoms with Gasteiger partial charge in [0.2, 0.25) is 0 Å². The van der Waals surface area contributed by atoms with Gasteiger partial charge in [-0.15, -0.1) is 0 Å². The molecule has 0 saturated heterocycles. The molecule has 1 unspecified atom stereocenters. The number of methoxy groups -OCH3 is 2. The van der Waals surface area contributed by atoms with Crippen LogP contribution in [0, 0.1) is 0 Å². The van der Waals surface area contributed by atoms with Gasteiger partial charge in [-0.05, 0) is 24.1 Å². The van der Waals surface area contributed by atoms with E-state index in [1.54, 1.807) is 20.3 Å². The molecule has 90 valence electrons. The van der Waals surface area contributed by atoms with Crippen molar-refractivity contribution in [2.24, 2.45) is 0 Å². The van der Waals surface area contributed by atoms with E-state index in [0.717, 1.165) is 16.9 Å². The first-order valence-electron chi connectivity index (χ1n) is 5.53. The van der Waals surface area contributed by atoms with Crippen molar-refractivity contribution in [1.29, 1.82) is 0 Å². The summed E-state index contributed by atoms with van der Waals surface area (Å²) >= 11 is 0. The van der Waals surface area contributed by atoms with Crippen molar-refractivity contribution in [2.45, 2.75) is 12.5 Å². The van der Waals surface area contributed by atoms with E-state index >= 15 is 0 Å². The van der Waals surface area contributed by atoms with Crippen molar-refractivity contribution < 1.29 is 14.6 Å². The summed E-state index contributed by atoms with van der Waals surface area (Å²) in [7, 11) is 3.24. The number of hydrogen-bond donors (Lipinski definition) is 1. The zero-order valence-corrected chi connectivity index (χ0v) is 10.0. The molecule has 2 rings (SSSR count). The van der Waals surface area contributed by atoms with E-state index in [9.17, 15) is 5.11 Å². The molecule has 17 heavy (non-hydrogen) atoms. The van der Waals surface area contributed by atoms with Crippen molar-refractivity contribution in [3.63, 3.8) is 0 Å². The molecule has 3 heteroatoms. The highest BCUT2D eigenvalue weighted by Gasteiger charge is 2.18. The lowest BCUT2D eigenvalue weighted by Gasteiger charge is -2.19. The first-order chi connectivity index (χ1) is 8.26. The maximum atomic E-state index is 9.82. The van der Waals surface area contributed by atoms with Gasteiger partial charge in [0.05, 0.1) is 7.11 Å². The number of aliphatic hydroxyl groups excluding tert-OH is 1. The van der Waals surface area contributed by atoms with Crippen LogP contribution in [0.5, 0.6) is 5.75 Å². The third-order valence-electron chi connectivity index (χ3n) is 2.89. The molecule has 0 amide bonds. The molecule has 1 aliphatic carbocycles. The lowest BCUT2D eigenvalue weighted by molar-refractivity contribution is 0.0947. The Kier molecular flexibility index (Phi) is 3.49. The van der Waals surface area contributed by atoms with Crippen LogP contribution in [0.3, 0.4) is 0 Å². The van der Waals surface area contributed by atoms with Gasteiger partial charge in [0.15, 0.2) is 0 Å². The maximum absolute atomic E-state index is 9.82. The molecule has 1 aliphatic rings. The van der Waals surface area contributed by atoms with Crippen LogP contribution in [0.15, 0.2) is 42.2 Å². The van der Waals surface area contributed by atoms with Gasteiger partial charge >= 0.3 is 0 Å². The number of benzene rings is 1. The highest BCUT2D eigenvalue weighted by molar-refractivity contribution is 5.79. The van der Waals surface area contributed by atoms with E-state index in [1.807, 2.05) is 30.3 Å². The van der Waals surface area contributed by atoms with E-state index in [-0.39, 0.29) is 11.9 Å². The molecule has 0 bridgehead atoms. The molecule has 1 N–H and O–H groups in total. The minimum absolute atomic E-state index is 0.228. The fourth-order valence-corrected chi connectivity index (χ4v) is 1.95. The Hall–Kier alpha value is -1.74. The van der Waals surface area contributed by atoms with Gasteiger partial charge < -0.3 is 14.6 Å². The number of aliphatic hydroxyl groups is 1. The lowest BCUT2D eigenvalue weighted by atomic mass is 9.96. The van der Waals surface area contributed by atoms with Gasteiger partial charge in [-0.2, -0.15) is 0 Å². The van der Waals surface area contributed by atoms with Gasteiger partial charge in [-0.1, -0.05) is 24.3 Å². The topological polar surface area (TPSA) is 38.7 Å². The van der Waals surface area contributed by atoms with E-state index in [0.29, 0.717) is 6.42 Å². The normalized spacial score (nSPS) is 19.5. The monoisotopic (exact) mass is 232 g/mol. The Balaban J connectivity index is 2.33. The predicted molar refractivity (Wildman–Crippen MR) is 67.1 cm³/mol. The van der Waals surface area contributed by atoms with Crippen molar-refractivity contribution in [2.75, 3.05) is 14.2 Å². The Morgan fingerprint density at radius 1 is 1.24 bits per heavy atom. The van der Waals surface area contributed by atoms with Gasteiger partial charge in [0.1, 0.15) is 17.6 Å². The second kappa shape index (κ2) is 5.06. The van der Waals surface area contributed by atoms with Crippen molar-refractivity contribution in [1.82, 2.24) is 0 Å². The van der Waals surface area contributed by atoms with Crippen LogP contribution in [-0.2, 0) is 4.74 Å². The summed E-state index contributed by atoms with van der Waals surface area (Å²) < 4.78 is 10.5. The number of hydrogen-bond acceptors (Lipinski definition) is 3. The molecule has 0 aromatic heterocycles. The van der Waals surface area contributed by atoms with Crippen LogP contribution in [0.2, 0.25) is 0 Å². The van der Waals surface area contributed by atoms with E-state index in [1.165, 1.54) is 0 Å². The Bertz CT molecular complexity index is 460. The van der Waals surface area contributed by atoms with Gasteiger partial charge in [-0.3, -0.25) is 0 Å². The first kappa shape index (κ1) is 11.7. The largest absolute Gasteiger partial charge is 0.510 e. The van der Waals surface area contributed by atoms with Crippen LogP contribution < -0.4 is 4.74 Å². The lowest BCUT2D eigenvalue weighted by Crippen LogP contribution is -2.15. The highest BCUT2D eigenvalue weighted by atomic mass is 16.5. The minimum atomic E-state index is -0.228. The second-order valence-electron chi connectivity index (χ2n) is 3.89. The summed E-state index contributed by atoms with van der Waals surface area (Å²) in [6, 6.07) is 7.75. The zero-order chi connectivity index (χ0) is 12.3. The summed E-state index contributed by atoms with van der Waals surface area (Å²) in [4.78, 5) is 0. The van der Waals surface area contributed by atoms with E-state index in [2.05, 4.69) is 0 Å². The molecule has 1 aromatic carbocycles. The molecular formula is C14H16O3. The predicted octanol–water partition coefficient (Wildman–Crippen LogP) is 2.94. The quantitative estimate of drug-likeness (QED) is 0.870. The zero-order valence-electron chi connectivity index (χ0n) is 10.0. The van der Waals surface area contributed by atoms with Crippen molar-refractivity contribution >= 4 is 5.57 Å². The minimum Gasteiger partial charge on any atom is -0.510 e. The van der Waals surface area contributed by atoms with Crippen LogP contribution in [-0.4, -0.2) is 25.4 Å². The Morgan fingerprint density at radius 3 is 2.65 bits per heavy atom. The maximum Gasteiger partial charge on any atom is 0.126 e. The summed E-state index contributed by atoms with van der Waals surface area (Å²) in [5.41, 5.74) is 1.95. The van der Waals surface area contributed by atoms with Crippen LogP contribution >= 0.6 is 0 Å². The summed E-state index contributed by atoms with van der Waals surface area (Å²) in [6.45, 7) is 0. The molecule has 0 heterocycles. The van der Waals surface area contributed by atoms with Crippen LogP contribution in [0.4, 0.5) is 0 Å². The smallest absolute Gasteiger partial charge is 0.126 e. The summed E-state index contributed by atoms with van der Waals surface area (Å²) in [5.74, 6) is 1.06. The van der Waals surface area contributed by atoms with Crippen LogP contribution in [0.25, 0.3) is 5.57 Å². The number of para-hydroxylation sites is 1. The van der Waals surface area contributed by atoms with Crippen molar-refractivity contribution in [3.8, 4) is 5.75 Å². The first-order valence-corrected chi connectivity index (χ1v) is 5.53. The third-order valence-corrected chi connectivity index (χ3v) is 2.89. The number of rotatable bonds is 3. The molecular weight excluding hydrogens is 216 g/mol. The molecule has 0 aliphatic heterocycles. The molecule has 0 radical (unpaired) electrons. The standard InChI is InChI=1S/C14H16O3/c1-16-13-6-4-3-5-11(13)10-7-8-14(17-2)12(15)9-10/h3-7,9,14-15H,8H2,1-2H3. The number of allylic oxidation sites excluding steroid dienone is 2.